The molecule has 0 unspecified atom stereocenters. The van der Waals surface area contributed by atoms with E-state index in [0.29, 0.717) is 51.7 Å². The quantitative estimate of drug-likeness (QED) is 0.666. The highest BCUT2D eigenvalue weighted by Crippen LogP contribution is 2.34. The van der Waals surface area contributed by atoms with Crippen LogP contribution in [-0.2, 0) is 6.54 Å². The molecule has 0 saturated carbocycles. The molecule has 2 aromatic carbocycles. The zero-order valence-electron chi connectivity index (χ0n) is 17.6. The second-order valence-corrected chi connectivity index (χ2v) is 7.80. The van der Waals surface area contributed by atoms with Crippen LogP contribution in [0.3, 0.4) is 0 Å². The predicted octanol–water partition coefficient (Wildman–Crippen LogP) is 4.56. The van der Waals surface area contributed by atoms with E-state index in [4.69, 9.17) is 13.9 Å². The smallest absolute Gasteiger partial charge is 0.200 e. The van der Waals surface area contributed by atoms with Gasteiger partial charge in [-0.3, -0.25) is 9.69 Å². The summed E-state index contributed by atoms with van der Waals surface area (Å²) < 4.78 is 16.6. The van der Waals surface area contributed by atoms with Gasteiger partial charge in [-0.15, -0.1) is 0 Å². The van der Waals surface area contributed by atoms with Gasteiger partial charge in [0.25, 0.3) is 0 Å². The Balaban J connectivity index is 1.79. The van der Waals surface area contributed by atoms with Crippen molar-refractivity contribution in [2.45, 2.75) is 38.8 Å². The van der Waals surface area contributed by atoms with E-state index < -0.39 is 0 Å². The van der Waals surface area contributed by atoms with Crippen molar-refractivity contribution in [1.29, 1.82) is 0 Å². The molecule has 2 heterocycles. The molecule has 30 heavy (non-hydrogen) atoms. The van der Waals surface area contributed by atoms with Crippen molar-refractivity contribution in [2.24, 2.45) is 0 Å². The van der Waals surface area contributed by atoms with Crippen LogP contribution in [0.1, 0.15) is 31.7 Å². The van der Waals surface area contributed by atoms with Gasteiger partial charge in [0.2, 0.25) is 5.43 Å². The van der Waals surface area contributed by atoms with Crippen LogP contribution >= 0.6 is 0 Å². The first-order chi connectivity index (χ1) is 14.5. The molecule has 1 aliphatic heterocycles. The number of phenols is 1. The summed E-state index contributed by atoms with van der Waals surface area (Å²) in [7, 11) is 3.13. The summed E-state index contributed by atoms with van der Waals surface area (Å²) in [5.74, 6) is 1.29. The van der Waals surface area contributed by atoms with Gasteiger partial charge in [-0.2, -0.15) is 0 Å². The average molecular weight is 409 g/mol. The number of piperidine rings is 1. The highest BCUT2D eigenvalue weighted by Gasteiger charge is 2.22. The van der Waals surface area contributed by atoms with E-state index in [1.807, 2.05) is 0 Å². The Bertz CT molecular complexity index is 1120. The van der Waals surface area contributed by atoms with E-state index in [-0.39, 0.29) is 11.2 Å². The minimum absolute atomic E-state index is 0.142. The Labute approximate surface area is 175 Å². The molecule has 0 bridgehead atoms. The van der Waals surface area contributed by atoms with Gasteiger partial charge in [0.15, 0.2) is 11.5 Å². The van der Waals surface area contributed by atoms with Crippen LogP contribution in [0.15, 0.2) is 45.8 Å². The zero-order chi connectivity index (χ0) is 21.3. The number of benzene rings is 2. The molecule has 158 valence electrons. The van der Waals surface area contributed by atoms with Crippen molar-refractivity contribution in [2.75, 3.05) is 20.8 Å². The number of hydrogen-bond acceptors (Lipinski definition) is 6. The van der Waals surface area contributed by atoms with Gasteiger partial charge in [-0.1, -0.05) is 12.5 Å². The second-order valence-electron chi connectivity index (χ2n) is 7.80. The molecule has 1 N–H and O–H groups in total. The van der Waals surface area contributed by atoms with Gasteiger partial charge >= 0.3 is 0 Å². The standard InChI is InChI=1S/C24H27NO5/c1-15-6-4-5-11-25(15)13-18-20(26)9-8-17-23(27)19(14-30-24(17)18)16-7-10-21(28-2)22(12-16)29-3/h7-10,12,14-15,26H,4-6,11,13H2,1-3H3/t15-/m0/s1. The first-order valence-corrected chi connectivity index (χ1v) is 10.3. The number of fused-ring (bicyclic) bond motifs is 1. The first-order valence-electron chi connectivity index (χ1n) is 10.3. The van der Waals surface area contributed by atoms with E-state index in [1.54, 1.807) is 44.6 Å². The number of hydrogen-bond donors (Lipinski definition) is 1. The first kappa shape index (κ1) is 20.3. The fourth-order valence-electron chi connectivity index (χ4n) is 4.20. The number of likely N-dealkylation sites (tertiary alicyclic amines) is 1. The van der Waals surface area contributed by atoms with E-state index in [0.717, 1.165) is 19.4 Å². The van der Waals surface area contributed by atoms with Gasteiger partial charge < -0.3 is 19.0 Å². The molecule has 0 amide bonds. The Morgan fingerprint density at radius 3 is 2.67 bits per heavy atom. The maximum Gasteiger partial charge on any atom is 0.200 e. The van der Waals surface area contributed by atoms with Gasteiger partial charge in [0.1, 0.15) is 17.6 Å². The fourth-order valence-corrected chi connectivity index (χ4v) is 4.20. The Morgan fingerprint density at radius 2 is 1.93 bits per heavy atom. The lowest BCUT2D eigenvalue weighted by Crippen LogP contribution is -2.36. The van der Waals surface area contributed by atoms with Crippen molar-refractivity contribution >= 4 is 11.0 Å². The maximum atomic E-state index is 13.3. The molecule has 1 atom stereocenters. The van der Waals surface area contributed by atoms with Crippen LogP contribution in [-0.4, -0.2) is 36.8 Å². The largest absolute Gasteiger partial charge is 0.507 e. The summed E-state index contributed by atoms with van der Waals surface area (Å²) in [6.07, 6.45) is 4.97. The number of phenolic OH excluding ortho intramolecular Hbond substituents is 1. The molecule has 4 rings (SSSR count). The molecule has 1 saturated heterocycles. The van der Waals surface area contributed by atoms with Gasteiger partial charge in [-0.05, 0) is 56.1 Å². The summed E-state index contributed by atoms with van der Waals surface area (Å²) in [5.41, 5.74) is 2.09. The van der Waals surface area contributed by atoms with Gasteiger partial charge in [-0.25, -0.2) is 0 Å². The Kier molecular flexibility index (Phi) is 5.68. The lowest BCUT2D eigenvalue weighted by atomic mass is 10.0. The van der Waals surface area contributed by atoms with Crippen LogP contribution in [0.4, 0.5) is 0 Å². The van der Waals surface area contributed by atoms with E-state index in [2.05, 4.69) is 11.8 Å². The van der Waals surface area contributed by atoms with Crippen molar-refractivity contribution in [3.05, 3.63) is 52.4 Å². The maximum absolute atomic E-state index is 13.3. The molecular weight excluding hydrogens is 382 g/mol. The number of rotatable bonds is 5. The van der Waals surface area contributed by atoms with E-state index >= 15 is 0 Å². The van der Waals surface area contributed by atoms with Gasteiger partial charge in [0.05, 0.1) is 30.7 Å². The average Bonchev–Trinajstić information content (AvgIpc) is 2.76. The fraction of sp³-hybridized carbons (Fsp3) is 0.375. The lowest BCUT2D eigenvalue weighted by molar-refractivity contribution is 0.151. The molecule has 1 fully saturated rings. The monoisotopic (exact) mass is 409 g/mol. The minimum Gasteiger partial charge on any atom is -0.507 e. The third-order valence-corrected chi connectivity index (χ3v) is 6.02. The number of nitrogens with zero attached hydrogens (tertiary/aromatic N) is 1. The summed E-state index contributed by atoms with van der Waals surface area (Å²) >= 11 is 0. The highest BCUT2D eigenvalue weighted by molar-refractivity contribution is 5.85. The normalized spacial score (nSPS) is 17.2. The molecule has 0 radical (unpaired) electrons. The van der Waals surface area contributed by atoms with Crippen LogP contribution in [0, 0.1) is 0 Å². The summed E-state index contributed by atoms with van der Waals surface area (Å²) in [4.78, 5) is 15.6. The van der Waals surface area contributed by atoms with Crippen molar-refractivity contribution in [3.63, 3.8) is 0 Å². The van der Waals surface area contributed by atoms with Crippen LogP contribution in [0.25, 0.3) is 22.1 Å². The third-order valence-electron chi connectivity index (χ3n) is 6.02. The van der Waals surface area contributed by atoms with Crippen molar-refractivity contribution in [1.82, 2.24) is 4.90 Å². The minimum atomic E-state index is -0.142. The molecule has 1 aromatic heterocycles. The molecule has 6 nitrogen and oxygen atoms in total. The SMILES string of the molecule is COc1ccc(-c2coc3c(CN4CCCC[C@@H]4C)c(O)ccc3c2=O)cc1OC. The van der Waals surface area contributed by atoms with Crippen LogP contribution < -0.4 is 14.9 Å². The number of aromatic hydroxyl groups is 1. The summed E-state index contributed by atoms with van der Waals surface area (Å²) in [6.45, 7) is 3.74. The molecule has 3 aromatic rings. The topological polar surface area (TPSA) is 72.1 Å². The van der Waals surface area contributed by atoms with E-state index in [9.17, 15) is 9.90 Å². The van der Waals surface area contributed by atoms with Crippen LogP contribution in [0.2, 0.25) is 0 Å². The molecule has 0 aliphatic carbocycles. The van der Waals surface area contributed by atoms with Gasteiger partial charge in [0, 0.05) is 12.6 Å². The zero-order valence-corrected chi connectivity index (χ0v) is 17.6. The third kappa shape index (κ3) is 3.63. The van der Waals surface area contributed by atoms with Crippen LogP contribution in [0.5, 0.6) is 17.2 Å². The predicted molar refractivity (Wildman–Crippen MR) is 116 cm³/mol. The Morgan fingerprint density at radius 1 is 1.13 bits per heavy atom. The molecular formula is C24H27NO5. The summed E-state index contributed by atoms with van der Waals surface area (Å²) in [5, 5.41) is 11.0. The Hall–Kier alpha value is -2.99. The summed E-state index contributed by atoms with van der Waals surface area (Å²) in [6, 6.07) is 8.97. The van der Waals surface area contributed by atoms with E-state index in [1.165, 1.54) is 12.7 Å². The second kappa shape index (κ2) is 8.40. The van der Waals surface area contributed by atoms with Crippen molar-refractivity contribution < 1.29 is 19.0 Å². The molecule has 6 heteroatoms. The highest BCUT2D eigenvalue weighted by atomic mass is 16.5. The van der Waals surface area contributed by atoms with Crippen molar-refractivity contribution in [3.8, 4) is 28.4 Å². The number of ether oxygens (including phenoxy) is 2. The lowest BCUT2D eigenvalue weighted by Gasteiger charge is -2.33. The molecule has 1 aliphatic rings. The molecule has 0 spiro atoms. The number of methoxy groups -OCH3 is 2.